The van der Waals surface area contributed by atoms with Crippen LogP contribution in [0.3, 0.4) is 0 Å². The van der Waals surface area contributed by atoms with Gasteiger partial charge in [0.2, 0.25) is 0 Å². The SMILES string of the molecule is C=CC(CC=CCCCCCCC)CCCCCCC. The summed E-state index contributed by atoms with van der Waals surface area (Å²) in [4.78, 5) is 0. The Morgan fingerprint density at radius 1 is 0.750 bits per heavy atom. The molecule has 0 N–H and O–H groups in total. The normalized spacial score (nSPS) is 12.9. The maximum atomic E-state index is 3.99. The molecule has 0 radical (unpaired) electrons. The van der Waals surface area contributed by atoms with Gasteiger partial charge in [-0.1, -0.05) is 89.9 Å². The van der Waals surface area contributed by atoms with Gasteiger partial charge in [0.1, 0.15) is 0 Å². The van der Waals surface area contributed by atoms with E-state index in [0.717, 1.165) is 0 Å². The zero-order valence-corrected chi connectivity index (χ0v) is 14.2. The smallest absolute Gasteiger partial charge is 0.0202 e. The van der Waals surface area contributed by atoms with Gasteiger partial charge in [-0.05, 0) is 31.6 Å². The Morgan fingerprint density at radius 3 is 1.95 bits per heavy atom. The van der Waals surface area contributed by atoms with Crippen LogP contribution in [0.15, 0.2) is 24.8 Å². The number of unbranched alkanes of at least 4 members (excludes halogenated alkanes) is 9. The zero-order valence-electron chi connectivity index (χ0n) is 14.2. The zero-order chi connectivity index (χ0) is 14.9. The number of rotatable bonds is 15. The van der Waals surface area contributed by atoms with Crippen molar-refractivity contribution in [2.45, 2.75) is 97.3 Å². The fourth-order valence-corrected chi connectivity index (χ4v) is 2.60. The summed E-state index contributed by atoms with van der Waals surface area (Å²) in [5.74, 6) is 0.702. The van der Waals surface area contributed by atoms with Gasteiger partial charge in [-0.15, -0.1) is 6.58 Å². The van der Waals surface area contributed by atoms with Crippen LogP contribution in [0.4, 0.5) is 0 Å². The van der Waals surface area contributed by atoms with Crippen LogP contribution in [0.1, 0.15) is 97.3 Å². The van der Waals surface area contributed by atoms with E-state index in [4.69, 9.17) is 0 Å². The van der Waals surface area contributed by atoms with Crippen molar-refractivity contribution in [3.63, 3.8) is 0 Å². The molecule has 0 amide bonds. The van der Waals surface area contributed by atoms with E-state index < -0.39 is 0 Å². The monoisotopic (exact) mass is 278 g/mol. The third-order valence-corrected chi connectivity index (χ3v) is 4.09. The van der Waals surface area contributed by atoms with E-state index in [1.165, 1.54) is 83.5 Å². The Labute approximate surface area is 128 Å². The first-order valence-corrected chi connectivity index (χ1v) is 9.12. The highest BCUT2D eigenvalue weighted by atomic mass is 14.1. The second-order valence-electron chi connectivity index (χ2n) is 6.11. The van der Waals surface area contributed by atoms with Gasteiger partial charge in [0.15, 0.2) is 0 Å². The lowest BCUT2D eigenvalue weighted by Crippen LogP contribution is -1.94. The Bertz CT molecular complexity index is 214. The first-order chi connectivity index (χ1) is 9.85. The summed E-state index contributed by atoms with van der Waals surface area (Å²) in [6.07, 6.45) is 24.6. The van der Waals surface area contributed by atoms with Crippen molar-refractivity contribution in [1.82, 2.24) is 0 Å². The lowest BCUT2D eigenvalue weighted by atomic mass is 9.97. The molecule has 0 spiro atoms. The van der Waals surface area contributed by atoms with E-state index in [1.807, 2.05) is 0 Å². The minimum Gasteiger partial charge on any atom is -0.103 e. The molecule has 1 unspecified atom stereocenters. The van der Waals surface area contributed by atoms with Gasteiger partial charge in [-0.3, -0.25) is 0 Å². The molecule has 1 atom stereocenters. The van der Waals surface area contributed by atoms with Crippen LogP contribution in [0.2, 0.25) is 0 Å². The molecule has 0 aliphatic rings. The van der Waals surface area contributed by atoms with E-state index in [0.29, 0.717) is 5.92 Å². The standard InChI is InChI=1S/C20H38/c1-4-7-9-11-12-13-15-17-19-20(6-3)18-16-14-10-8-5-2/h6,15,17,20H,3-5,7-14,16,18-19H2,1-2H3. The van der Waals surface area contributed by atoms with Gasteiger partial charge < -0.3 is 0 Å². The van der Waals surface area contributed by atoms with Crippen molar-refractivity contribution in [1.29, 1.82) is 0 Å². The summed E-state index contributed by atoms with van der Waals surface area (Å²) in [6, 6.07) is 0. The molecule has 0 aromatic carbocycles. The van der Waals surface area contributed by atoms with Crippen LogP contribution >= 0.6 is 0 Å². The maximum absolute atomic E-state index is 3.99. The van der Waals surface area contributed by atoms with Gasteiger partial charge in [0.25, 0.3) is 0 Å². The maximum Gasteiger partial charge on any atom is -0.0202 e. The summed E-state index contributed by atoms with van der Waals surface area (Å²) in [7, 11) is 0. The van der Waals surface area contributed by atoms with Crippen LogP contribution in [0, 0.1) is 5.92 Å². The summed E-state index contributed by atoms with van der Waals surface area (Å²) < 4.78 is 0. The highest BCUT2D eigenvalue weighted by Crippen LogP contribution is 2.16. The van der Waals surface area contributed by atoms with Crippen molar-refractivity contribution in [3.05, 3.63) is 24.8 Å². The largest absolute Gasteiger partial charge is 0.103 e. The molecule has 20 heavy (non-hydrogen) atoms. The quantitative estimate of drug-likeness (QED) is 0.215. The van der Waals surface area contributed by atoms with Crippen LogP contribution < -0.4 is 0 Å². The first-order valence-electron chi connectivity index (χ1n) is 9.12. The van der Waals surface area contributed by atoms with Gasteiger partial charge in [0, 0.05) is 0 Å². The first kappa shape index (κ1) is 19.5. The molecule has 0 aliphatic heterocycles. The summed E-state index contributed by atoms with van der Waals surface area (Å²) >= 11 is 0. The molecule has 0 aromatic heterocycles. The lowest BCUT2D eigenvalue weighted by molar-refractivity contribution is 0.527. The number of allylic oxidation sites excluding steroid dienone is 3. The molecule has 0 bridgehead atoms. The van der Waals surface area contributed by atoms with Gasteiger partial charge >= 0.3 is 0 Å². The fraction of sp³-hybridized carbons (Fsp3) is 0.800. The van der Waals surface area contributed by atoms with E-state index in [9.17, 15) is 0 Å². The molecule has 0 aliphatic carbocycles. The van der Waals surface area contributed by atoms with Gasteiger partial charge in [0.05, 0.1) is 0 Å². The molecular weight excluding hydrogens is 240 g/mol. The van der Waals surface area contributed by atoms with Crippen molar-refractivity contribution in [2.24, 2.45) is 5.92 Å². The van der Waals surface area contributed by atoms with E-state index in [1.54, 1.807) is 0 Å². The fourth-order valence-electron chi connectivity index (χ4n) is 2.60. The Balaban J connectivity index is 3.45. The Hall–Kier alpha value is -0.520. The molecule has 0 saturated carbocycles. The molecule has 0 nitrogen and oxygen atoms in total. The highest BCUT2D eigenvalue weighted by Gasteiger charge is 2.01. The van der Waals surface area contributed by atoms with Crippen molar-refractivity contribution in [2.75, 3.05) is 0 Å². The average Bonchev–Trinajstić information content (AvgIpc) is 2.47. The highest BCUT2D eigenvalue weighted by molar-refractivity contribution is 4.89. The molecule has 0 rings (SSSR count). The predicted molar refractivity (Wildman–Crippen MR) is 94.2 cm³/mol. The summed E-state index contributed by atoms with van der Waals surface area (Å²) in [5, 5.41) is 0. The number of hydrogen-bond acceptors (Lipinski definition) is 0. The average molecular weight is 279 g/mol. The van der Waals surface area contributed by atoms with Gasteiger partial charge in [-0.2, -0.15) is 0 Å². The lowest BCUT2D eigenvalue weighted by Gasteiger charge is -2.09. The summed E-state index contributed by atoms with van der Waals surface area (Å²) in [6.45, 7) is 8.54. The molecule has 118 valence electrons. The predicted octanol–water partition coefficient (Wildman–Crippen LogP) is 7.46. The van der Waals surface area contributed by atoms with Crippen molar-refractivity contribution in [3.8, 4) is 0 Å². The van der Waals surface area contributed by atoms with Crippen LogP contribution in [0.25, 0.3) is 0 Å². The molecule has 0 saturated heterocycles. The Morgan fingerprint density at radius 2 is 1.35 bits per heavy atom. The third-order valence-electron chi connectivity index (χ3n) is 4.09. The van der Waals surface area contributed by atoms with E-state index >= 15 is 0 Å². The van der Waals surface area contributed by atoms with E-state index in [2.05, 4.69) is 38.7 Å². The van der Waals surface area contributed by atoms with Crippen LogP contribution in [0.5, 0.6) is 0 Å². The van der Waals surface area contributed by atoms with Gasteiger partial charge in [-0.25, -0.2) is 0 Å². The molecular formula is C20H38. The topological polar surface area (TPSA) is 0 Å². The molecule has 0 heteroatoms. The van der Waals surface area contributed by atoms with Crippen LogP contribution in [-0.2, 0) is 0 Å². The minimum absolute atomic E-state index is 0.702. The summed E-state index contributed by atoms with van der Waals surface area (Å²) in [5.41, 5.74) is 0. The van der Waals surface area contributed by atoms with Crippen molar-refractivity contribution < 1.29 is 0 Å². The molecule has 0 fully saturated rings. The molecule has 0 heterocycles. The van der Waals surface area contributed by atoms with Crippen molar-refractivity contribution >= 4 is 0 Å². The van der Waals surface area contributed by atoms with E-state index in [-0.39, 0.29) is 0 Å². The third kappa shape index (κ3) is 13.9. The molecule has 0 aromatic rings. The van der Waals surface area contributed by atoms with Crippen LogP contribution in [-0.4, -0.2) is 0 Å². The number of hydrogen-bond donors (Lipinski definition) is 0. The second kappa shape index (κ2) is 16.5. The minimum atomic E-state index is 0.702. The Kier molecular flexibility index (Phi) is 16.1. The second-order valence-corrected chi connectivity index (χ2v) is 6.11.